The molecule has 0 atom stereocenters. The molecular formula is C8H12N4O2S. The van der Waals surface area contributed by atoms with E-state index in [2.05, 4.69) is 10.6 Å². The van der Waals surface area contributed by atoms with Crippen LogP contribution in [0.1, 0.15) is 23.2 Å². The number of carbonyl (C=O) groups is 1. The summed E-state index contributed by atoms with van der Waals surface area (Å²) < 4.78 is 4.77. The second kappa shape index (κ2) is 4.74. The van der Waals surface area contributed by atoms with Gasteiger partial charge in [0.1, 0.15) is 5.76 Å². The lowest BCUT2D eigenvalue weighted by Crippen LogP contribution is -2.48. The summed E-state index contributed by atoms with van der Waals surface area (Å²) in [5, 5.41) is 5.02. The molecule has 0 aliphatic carbocycles. The molecule has 0 spiro atoms. The van der Waals surface area contributed by atoms with E-state index in [0.29, 0.717) is 12.3 Å². The van der Waals surface area contributed by atoms with Gasteiger partial charge in [-0.25, -0.2) is 0 Å². The average Bonchev–Trinajstić information content (AvgIpc) is 2.60. The van der Waals surface area contributed by atoms with E-state index in [-0.39, 0.29) is 10.8 Å². The molecule has 0 radical (unpaired) electrons. The number of hydrogen-bond donors (Lipinski definition) is 2. The summed E-state index contributed by atoms with van der Waals surface area (Å²) in [6, 6.07) is 1.53. The Hall–Kier alpha value is -1.63. The van der Waals surface area contributed by atoms with Crippen molar-refractivity contribution in [2.24, 2.45) is 5.73 Å². The second-order valence-corrected chi connectivity index (χ2v) is 3.26. The Morgan fingerprint density at radius 1 is 1.80 bits per heavy atom. The number of hydrazine groups is 1. The molecule has 7 heteroatoms. The van der Waals surface area contributed by atoms with E-state index < -0.39 is 5.91 Å². The van der Waals surface area contributed by atoms with Crippen LogP contribution in [0.4, 0.5) is 0 Å². The Balaban J connectivity index is 2.66. The van der Waals surface area contributed by atoms with Crippen LogP contribution in [-0.4, -0.2) is 27.7 Å². The third-order valence-corrected chi connectivity index (χ3v) is 1.90. The van der Waals surface area contributed by atoms with E-state index in [9.17, 15) is 4.79 Å². The van der Waals surface area contributed by atoms with Crippen molar-refractivity contribution in [1.29, 1.82) is 0 Å². The molecule has 0 fully saturated rings. The lowest BCUT2D eigenvalue weighted by molar-refractivity contribution is 0.0865. The van der Waals surface area contributed by atoms with Gasteiger partial charge in [-0.15, -0.1) is 0 Å². The van der Waals surface area contributed by atoms with E-state index in [1.54, 1.807) is 6.92 Å². The summed E-state index contributed by atoms with van der Waals surface area (Å²) in [6.45, 7) is 4.00. The SMILES string of the molecule is CCN(NC(=O)c1cc(C)on1)C(N)=S. The van der Waals surface area contributed by atoms with Crippen molar-refractivity contribution in [2.45, 2.75) is 13.8 Å². The number of nitrogens with zero attached hydrogens (tertiary/aromatic N) is 2. The minimum Gasteiger partial charge on any atom is -0.375 e. The first-order chi connectivity index (χ1) is 7.04. The molecule has 0 saturated carbocycles. The summed E-state index contributed by atoms with van der Waals surface area (Å²) in [5.41, 5.74) is 8.08. The molecule has 82 valence electrons. The maximum atomic E-state index is 11.5. The van der Waals surface area contributed by atoms with Crippen LogP contribution in [0.5, 0.6) is 0 Å². The largest absolute Gasteiger partial charge is 0.375 e. The number of aryl methyl sites for hydroxylation is 1. The molecule has 6 nitrogen and oxygen atoms in total. The molecule has 1 aromatic heterocycles. The van der Waals surface area contributed by atoms with Gasteiger partial charge in [0.05, 0.1) is 0 Å². The molecule has 1 amide bonds. The summed E-state index contributed by atoms with van der Waals surface area (Å²) in [7, 11) is 0. The smallest absolute Gasteiger partial charge is 0.292 e. The fourth-order valence-electron chi connectivity index (χ4n) is 0.943. The molecule has 0 aromatic carbocycles. The molecular weight excluding hydrogens is 216 g/mol. The molecule has 15 heavy (non-hydrogen) atoms. The second-order valence-electron chi connectivity index (χ2n) is 2.85. The number of rotatable bonds is 2. The van der Waals surface area contributed by atoms with Gasteiger partial charge >= 0.3 is 0 Å². The topological polar surface area (TPSA) is 84.4 Å². The third kappa shape index (κ3) is 2.91. The number of amides is 1. The van der Waals surface area contributed by atoms with Gasteiger partial charge in [0.15, 0.2) is 10.8 Å². The van der Waals surface area contributed by atoms with Crippen molar-refractivity contribution in [3.05, 3.63) is 17.5 Å². The number of thiocarbonyl (C=S) groups is 1. The number of aromatic nitrogens is 1. The van der Waals surface area contributed by atoms with Crippen LogP contribution >= 0.6 is 12.2 Å². The molecule has 3 N–H and O–H groups in total. The van der Waals surface area contributed by atoms with Crippen molar-refractivity contribution < 1.29 is 9.32 Å². The Morgan fingerprint density at radius 3 is 2.87 bits per heavy atom. The molecule has 1 aromatic rings. The maximum absolute atomic E-state index is 11.5. The zero-order valence-electron chi connectivity index (χ0n) is 8.48. The van der Waals surface area contributed by atoms with Crippen LogP contribution in [0.2, 0.25) is 0 Å². The van der Waals surface area contributed by atoms with Crippen LogP contribution in [0.25, 0.3) is 0 Å². The summed E-state index contributed by atoms with van der Waals surface area (Å²) in [4.78, 5) is 11.5. The van der Waals surface area contributed by atoms with E-state index in [0.717, 1.165) is 0 Å². The van der Waals surface area contributed by atoms with E-state index >= 15 is 0 Å². The molecule has 0 aliphatic rings. The molecule has 0 saturated heterocycles. The minimum absolute atomic E-state index is 0.103. The summed E-state index contributed by atoms with van der Waals surface area (Å²) >= 11 is 4.73. The van der Waals surface area contributed by atoms with Gasteiger partial charge in [-0.2, -0.15) is 0 Å². The number of nitrogens with two attached hydrogens (primary N) is 1. The fraction of sp³-hybridized carbons (Fsp3) is 0.375. The zero-order valence-corrected chi connectivity index (χ0v) is 9.30. The van der Waals surface area contributed by atoms with Gasteiger partial charge in [-0.05, 0) is 26.1 Å². The van der Waals surface area contributed by atoms with Gasteiger partial charge in [0.2, 0.25) is 0 Å². The highest BCUT2D eigenvalue weighted by Crippen LogP contribution is 2.01. The normalized spacial score (nSPS) is 9.73. The first-order valence-electron chi connectivity index (χ1n) is 4.36. The average molecular weight is 228 g/mol. The van der Waals surface area contributed by atoms with Crippen LogP contribution in [0, 0.1) is 6.92 Å². The highest BCUT2D eigenvalue weighted by molar-refractivity contribution is 7.80. The quantitative estimate of drug-likeness (QED) is 0.555. The minimum atomic E-state index is -0.401. The highest BCUT2D eigenvalue weighted by Gasteiger charge is 2.14. The van der Waals surface area contributed by atoms with Gasteiger partial charge in [0, 0.05) is 12.6 Å². The fourth-order valence-corrected chi connectivity index (χ4v) is 1.12. The molecule has 0 bridgehead atoms. The van der Waals surface area contributed by atoms with Crippen LogP contribution in [0.3, 0.4) is 0 Å². The standard InChI is InChI=1S/C8H12N4O2S/c1-3-12(8(9)15)10-7(13)6-4-5(2)14-11-6/h4H,3H2,1-2H3,(H2,9,15)(H,10,13). The van der Waals surface area contributed by atoms with Gasteiger partial charge in [0.25, 0.3) is 5.91 Å². The number of hydrogen-bond acceptors (Lipinski definition) is 4. The molecule has 1 rings (SSSR count). The van der Waals surface area contributed by atoms with Crippen LogP contribution in [-0.2, 0) is 0 Å². The first kappa shape index (κ1) is 11.4. The van der Waals surface area contributed by atoms with Gasteiger partial charge < -0.3 is 10.3 Å². The lowest BCUT2D eigenvalue weighted by Gasteiger charge is -2.20. The third-order valence-electron chi connectivity index (χ3n) is 1.68. The summed E-state index contributed by atoms with van der Waals surface area (Å²) in [6.07, 6.45) is 0. The van der Waals surface area contributed by atoms with Gasteiger partial charge in [-0.3, -0.25) is 15.2 Å². The maximum Gasteiger partial charge on any atom is 0.292 e. The van der Waals surface area contributed by atoms with E-state index in [1.807, 2.05) is 6.92 Å². The highest BCUT2D eigenvalue weighted by atomic mass is 32.1. The Bertz CT molecular complexity index is 376. The van der Waals surface area contributed by atoms with Crippen molar-refractivity contribution in [3.63, 3.8) is 0 Å². The number of carbonyl (C=O) groups excluding carboxylic acids is 1. The Morgan fingerprint density at radius 2 is 2.47 bits per heavy atom. The predicted molar refractivity (Wildman–Crippen MR) is 57.9 cm³/mol. The van der Waals surface area contributed by atoms with Gasteiger partial charge in [-0.1, -0.05) is 5.16 Å². The predicted octanol–water partition coefficient (Wildman–Crippen LogP) is 0.193. The van der Waals surface area contributed by atoms with Crippen LogP contribution in [0.15, 0.2) is 10.6 Å². The lowest BCUT2D eigenvalue weighted by atomic mass is 10.4. The first-order valence-corrected chi connectivity index (χ1v) is 4.76. The summed E-state index contributed by atoms with van der Waals surface area (Å²) in [5.74, 6) is 0.167. The number of nitrogens with one attached hydrogen (secondary N) is 1. The Kier molecular flexibility index (Phi) is 3.62. The van der Waals surface area contributed by atoms with E-state index in [1.165, 1.54) is 11.1 Å². The van der Waals surface area contributed by atoms with Crippen LogP contribution < -0.4 is 11.2 Å². The Labute approximate surface area is 92.4 Å². The zero-order chi connectivity index (χ0) is 11.4. The molecule has 1 heterocycles. The molecule has 0 aliphatic heterocycles. The van der Waals surface area contributed by atoms with E-state index in [4.69, 9.17) is 22.5 Å². The molecule has 0 unspecified atom stereocenters. The van der Waals surface area contributed by atoms with Crippen molar-refractivity contribution in [1.82, 2.24) is 15.6 Å². The van der Waals surface area contributed by atoms with Crippen molar-refractivity contribution in [3.8, 4) is 0 Å². The van der Waals surface area contributed by atoms with Crippen molar-refractivity contribution >= 4 is 23.2 Å². The monoisotopic (exact) mass is 228 g/mol. The van der Waals surface area contributed by atoms with Crippen molar-refractivity contribution in [2.75, 3.05) is 6.54 Å².